The highest BCUT2D eigenvalue weighted by atomic mass is 32.1. The highest BCUT2D eigenvalue weighted by Crippen LogP contribution is 2.31. The molecule has 80 valence electrons. The van der Waals surface area contributed by atoms with Crippen molar-refractivity contribution < 1.29 is 4.74 Å². The van der Waals surface area contributed by atoms with Crippen molar-refractivity contribution in [1.29, 1.82) is 0 Å². The lowest BCUT2D eigenvalue weighted by atomic mass is 10.2. The normalized spacial score (nSPS) is 10.7. The van der Waals surface area contributed by atoms with Crippen molar-refractivity contribution in [2.45, 2.75) is 19.8 Å². The van der Waals surface area contributed by atoms with Crippen LogP contribution in [0.15, 0.2) is 17.6 Å². The second kappa shape index (κ2) is 4.49. The Morgan fingerprint density at radius 3 is 3.13 bits per heavy atom. The van der Waals surface area contributed by atoms with Gasteiger partial charge in [0.05, 0.1) is 16.8 Å². The van der Waals surface area contributed by atoms with E-state index in [1.165, 1.54) is 0 Å². The SMILES string of the molecule is CCCCOc1ccc2scnc2c1N. The lowest BCUT2D eigenvalue weighted by molar-refractivity contribution is 0.311. The van der Waals surface area contributed by atoms with Crippen molar-refractivity contribution in [3.05, 3.63) is 17.6 Å². The molecular formula is C11H14N2OS. The molecule has 0 bridgehead atoms. The lowest BCUT2D eigenvalue weighted by Crippen LogP contribution is -2.00. The number of anilines is 1. The number of nitrogens with two attached hydrogens (primary N) is 1. The Morgan fingerprint density at radius 2 is 2.33 bits per heavy atom. The van der Waals surface area contributed by atoms with Gasteiger partial charge >= 0.3 is 0 Å². The predicted octanol–water partition coefficient (Wildman–Crippen LogP) is 3.06. The minimum atomic E-state index is 0.657. The first-order chi connectivity index (χ1) is 7.33. The summed E-state index contributed by atoms with van der Waals surface area (Å²) in [4.78, 5) is 4.22. The summed E-state index contributed by atoms with van der Waals surface area (Å²) in [5, 5.41) is 0. The molecule has 0 spiro atoms. The fraction of sp³-hybridized carbons (Fsp3) is 0.364. The fourth-order valence-electron chi connectivity index (χ4n) is 1.39. The smallest absolute Gasteiger partial charge is 0.144 e. The van der Waals surface area contributed by atoms with Crippen LogP contribution in [0.2, 0.25) is 0 Å². The van der Waals surface area contributed by atoms with E-state index in [4.69, 9.17) is 10.5 Å². The van der Waals surface area contributed by atoms with Crippen molar-refractivity contribution in [2.24, 2.45) is 0 Å². The molecule has 0 aliphatic heterocycles. The molecule has 1 aromatic heterocycles. The summed E-state index contributed by atoms with van der Waals surface area (Å²) >= 11 is 1.59. The van der Waals surface area contributed by atoms with E-state index in [0.29, 0.717) is 5.69 Å². The molecule has 0 radical (unpaired) electrons. The molecule has 0 amide bonds. The zero-order chi connectivity index (χ0) is 10.7. The number of rotatable bonds is 4. The molecule has 0 atom stereocenters. The molecule has 3 nitrogen and oxygen atoms in total. The summed E-state index contributed by atoms with van der Waals surface area (Å²) in [5.74, 6) is 0.752. The van der Waals surface area contributed by atoms with E-state index < -0.39 is 0 Å². The Balaban J connectivity index is 2.23. The minimum absolute atomic E-state index is 0.657. The van der Waals surface area contributed by atoms with Crippen molar-refractivity contribution in [1.82, 2.24) is 4.98 Å². The van der Waals surface area contributed by atoms with Gasteiger partial charge in [0.15, 0.2) is 0 Å². The van der Waals surface area contributed by atoms with Crippen molar-refractivity contribution >= 4 is 27.2 Å². The van der Waals surface area contributed by atoms with E-state index in [1.807, 2.05) is 12.1 Å². The molecule has 0 aliphatic rings. The number of fused-ring (bicyclic) bond motifs is 1. The molecule has 4 heteroatoms. The fourth-order valence-corrected chi connectivity index (χ4v) is 2.08. The second-order valence-electron chi connectivity index (χ2n) is 3.38. The zero-order valence-electron chi connectivity index (χ0n) is 8.69. The number of nitrogens with zero attached hydrogens (tertiary/aromatic N) is 1. The zero-order valence-corrected chi connectivity index (χ0v) is 9.51. The van der Waals surface area contributed by atoms with E-state index in [-0.39, 0.29) is 0 Å². The Kier molecular flexibility index (Phi) is 3.06. The first-order valence-electron chi connectivity index (χ1n) is 5.07. The van der Waals surface area contributed by atoms with E-state index in [1.54, 1.807) is 16.8 Å². The number of aromatic nitrogens is 1. The Morgan fingerprint density at radius 1 is 1.47 bits per heavy atom. The van der Waals surface area contributed by atoms with Crippen molar-refractivity contribution in [3.8, 4) is 5.75 Å². The van der Waals surface area contributed by atoms with Crippen LogP contribution in [-0.4, -0.2) is 11.6 Å². The molecule has 0 fully saturated rings. The topological polar surface area (TPSA) is 48.1 Å². The summed E-state index contributed by atoms with van der Waals surface area (Å²) in [6.07, 6.45) is 2.17. The van der Waals surface area contributed by atoms with Crippen LogP contribution >= 0.6 is 11.3 Å². The van der Waals surface area contributed by atoms with Gasteiger partial charge < -0.3 is 10.5 Å². The molecule has 1 aromatic carbocycles. The molecule has 0 saturated heterocycles. The van der Waals surface area contributed by atoms with E-state index in [0.717, 1.165) is 35.4 Å². The first-order valence-corrected chi connectivity index (χ1v) is 5.95. The third-order valence-corrected chi connectivity index (χ3v) is 3.05. The molecule has 0 saturated carbocycles. The van der Waals surface area contributed by atoms with Gasteiger partial charge in [-0.25, -0.2) is 4.98 Å². The van der Waals surface area contributed by atoms with Gasteiger partial charge in [-0.05, 0) is 18.6 Å². The van der Waals surface area contributed by atoms with Crippen LogP contribution in [-0.2, 0) is 0 Å². The van der Waals surface area contributed by atoms with Gasteiger partial charge in [-0.15, -0.1) is 11.3 Å². The van der Waals surface area contributed by atoms with Crippen molar-refractivity contribution in [3.63, 3.8) is 0 Å². The van der Waals surface area contributed by atoms with Crippen LogP contribution in [0.1, 0.15) is 19.8 Å². The predicted molar refractivity (Wildman–Crippen MR) is 64.4 cm³/mol. The van der Waals surface area contributed by atoms with Crippen LogP contribution < -0.4 is 10.5 Å². The van der Waals surface area contributed by atoms with Gasteiger partial charge in [-0.1, -0.05) is 13.3 Å². The Labute approximate surface area is 92.9 Å². The van der Waals surface area contributed by atoms with Gasteiger partial charge in [-0.3, -0.25) is 0 Å². The standard InChI is InChI=1S/C11H14N2OS/c1-2-3-6-14-8-4-5-9-11(10(8)12)13-7-15-9/h4-5,7H,2-3,6,12H2,1H3. The van der Waals surface area contributed by atoms with Gasteiger partial charge in [0.2, 0.25) is 0 Å². The highest BCUT2D eigenvalue weighted by molar-refractivity contribution is 7.16. The molecule has 2 aromatic rings. The first kappa shape index (κ1) is 10.2. The third-order valence-electron chi connectivity index (χ3n) is 2.26. The van der Waals surface area contributed by atoms with E-state index in [2.05, 4.69) is 11.9 Å². The number of ether oxygens (including phenoxy) is 1. The van der Waals surface area contributed by atoms with Crippen LogP contribution in [0.25, 0.3) is 10.2 Å². The summed E-state index contributed by atoms with van der Waals surface area (Å²) in [5.41, 5.74) is 9.28. The largest absolute Gasteiger partial charge is 0.491 e. The minimum Gasteiger partial charge on any atom is -0.491 e. The molecule has 0 aliphatic carbocycles. The van der Waals surface area contributed by atoms with Crippen molar-refractivity contribution in [2.75, 3.05) is 12.3 Å². The highest BCUT2D eigenvalue weighted by Gasteiger charge is 2.07. The number of nitrogen functional groups attached to an aromatic ring is 1. The summed E-state index contributed by atoms with van der Waals surface area (Å²) in [6, 6.07) is 3.93. The lowest BCUT2D eigenvalue weighted by Gasteiger charge is -2.08. The van der Waals surface area contributed by atoms with Crippen LogP contribution in [0, 0.1) is 0 Å². The van der Waals surface area contributed by atoms with Crippen LogP contribution in [0.3, 0.4) is 0 Å². The third kappa shape index (κ3) is 2.04. The maximum atomic E-state index is 5.96. The number of benzene rings is 1. The summed E-state index contributed by atoms with van der Waals surface area (Å²) in [7, 11) is 0. The molecule has 2 N–H and O–H groups in total. The van der Waals surface area contributed by atoms with Gasteiger partial charge in [0.25, 0.3) is 0 Å². The van der Waals surface area contributed by atoms with E-state index in [9.17, 15) is 0 Å². The molecule has 1 heterocycles. The van der Waals surface area contributed by atoms with Crippen LogP contribution in [0.4, 0.5) is 5.69 Å². The Hall–Kier alpha value is -1.29. The summed E-state index contributed by atoms with van der Waals surface area (Å²) < 4.78 is 6.70. The Bertz CT molecular complexity index is 453. The van der Waals surface area contributed by atoms with Gasteiger partial charge in [-0.2, -0.15) is 0 Å². The number of hydrogen-bond acceptors (Lipinski definition) is 4. The molecule has 15 heavy (non-hydrogen) atoms. The van der Waals surface area contributed by atoms with Gasteiger partial charge in [0, 0.05) is 0 Å². The number of unbranched alkanes of at least 4 members (excludes halogenated alkanes) is 1. The monoisotopic (exact) mass is 222 g/mol. The van der Waals surface area contributed by atoms with E-state index >= 15 is 0 Å². The average molecular weight is 222 g/mol. The molecule has 2 rings (SSSR count). The maximum Gasteiger partial charge on any atom is 0.144 e. The number of hydrogen-bond donors (Lipinski definition) is 1. The quantitative estimate of drug-likeness (QED) is 0.639. The van der Waals surface area contributed by atoms with Gasteiger partial charge in [0.1, 0.15) is 17.0 Å². The molecule has 0 unspecified atom stereocenters. The number of thiazole rings is 1. The van der Waals surface area contributed by atoms with Crippen LogP contribution in [0.5, 0.6) is 5.75 Å². The second-order valence-corrected chi connectivity index (χ2v) is 4.26. The molecular weight excluding hydrogens is 208 g/mol. The average Bonchev–Trinajstić information content (AvgIpc) is 2.70. The summed E-state index contributed by atoms with van der Waals surface area (Å²) in [6.45, 7) is 2.85. The maximum absolute atomic E-state index is 5.96.